The summed E-state index contributed by atoms with van der Waals surface area (Å²) in [6.07, 6.45) is 6.34. The normalized spacial score (nSPS) is 11.6. The zero-order valence-electron chi connectivity index (χ0n) is 41.2. The molecule has 0 unspecified atom stereocenters. The lowest BCUT2D eigenvalue weighted by Crippen LogP contribution is -2.19. The molecule has 5 aromatic heterocycles. The molecule has 0 bridgehead atoms. The number of hydrogen-bond acceptors (Lipinski definition) is 14. The fourth-order valence-electron chi connectivity index (χ4n) is 5.65. The Bertz CT molecular complexity index is 2540. The molecule has 5 heterocycles. The molecule has 2 aromatic carbocycles. The second kappa shape index (κ2) is 26.4. The highest BCUT2D eigenvalue weighted by molar-refractivity contribution is 7.19. The van der Waals surface area contributed by atoms with Gasteiger partial charge in [-0.15, -0.1) is 45.3 Å². The number of aryl methyl sites for hydroxylation is 4. The molecule has 10 nitrogen and oxygen atoms in total. The number of pyridine rings is 1. The Morgan fingerprint density at radius 3 is 1.65 bits per heavy atom. The molecule has 0 aliphatic carbocycles. The third-order valence-corrected chi connectivity index (χ3v) is 13.2. The van der Waals surface area contributed by atoms with Crippen molar-refractivity contribution in [2.24, 2.45) is 0 Å². The molecule has 0 saturated heterocycles. The second-order valence-corrected chi connectivity index (χ2v) is 22.0. The third-order valence-electron chi connectivity index (χ3n) is 8.58. The van der Waals surface area contributed by atoms with Crippen LogP contribution in [0.25, 0.3) is 36.9 Å². The van der Waals surface area contributed by atoms with E-state index in [1.54, 1.807) is 57.7 Å². The van der Waals surface area contributed by atoms with Gasteiger partial charge in [0.05, 0.1) is 69.5 Å². The van der Waals surface area contributed by atoms with Crippen molar-refractivity contribution in [2.45, 2.75) is 134 Å². The molecular formula is C51H67ClN6O4S4. The predicted molar refractivity (Wildman–Crippen MR) is 281 cm³/mol. The number of fused-ring (bicyclic) bond motifs is 1. The first-order chi connectivity index (χ1) is 31.1. The van der Waals surface area contributed by atoms with E-state index in [0.29, 0.717) is 30.9 Å². The number of halogens is 1. The van der Waals surface area contributed by atoms with Crippen molar-refractivity contribution in [3.8, 4) is 20.9 Å². The van der Waals surface area contributed by atoms with Crippen LogP contribution in [0.5, 0.6) is 0 Å². The van der Waals surface area contributed by atoms with Crippen molar-refractivity contribution in [1.82, 2.24) is 29.8 Å². The molecule has 0 N–H and O–H groups in total. The van der Waals surface area contributed by atoms with Crippen LogP contribution in [0.1, 0.15) is 105 Å². The quantitative estimate of drug-likeness (QED) is 0.0978. The number of aromatic nitrogens is 5. The third kappa shape index (κ3) is 19.2. The van der Waals surface area contributed by atoms with Crippen LogP contribution in [0.15, 0.2) is 78.6 Å². The fourth-order valence-corrected chi connectivity index (χ4v) is 9.39. The monoisotopic (exact) mass is 990 g/mol. The van der Waals surface area contributed by atoms with E-state index in [-0.39, 0.29) is 17.8 Å². The lowest BCUT2D eigenvalue weighted by molar-refractivity contribution is 0.0654. The van der Waals surface area contributed by atoms with Crippen LogP contribution in [0.3, 0.4) is 0 Å². The standard InChI is InChI=1S/C15H19ClN2OS.C15H19NOS.C13H16N2OS.C8H13NOS/c1-15(2,3)19-12(9-18(4)5)14-17-11-8-10(16)6-7-13(11)20-14;1-10(2)17-9-14-16-12(4)15(18-14)13-7-5-11(3)6-8-13;1-9(2)16-8-12-15-10(3)13(17-12)11-4-6-14-7-5-11;1-6(2)10-4-8-9-7(3)5-11-8/h6-9H,1-5H3;5-8,10H,9H2,1-4H3;4-7,9H,8H2,1-3H3;5-6H,4H2,1-3H3/b12-9+;;;. The highest BCUT2D eigenvalue weighted by Crippen LogP contribution is 2.33. The average Bonchev–Trinajstić information content (AvgIpc) is 4.05. The molecule has 0 fully saturated rings. The van der Waals surface area contributed by atoms with Crippen LogP contribution >= 0.6 is 56.9 Å². The largest absolute Gasteiger partial charge is 0.483 e. The van der Waals surface area contributed by atoms with E-state index >= 15 is 0 Å². The maximum atomic E-state index is 6.03. The Labute approximate surface area is 414 Å². The number of ether oxygens (including phenoxy) is 4. The minimum atomic E-state index is -0.267. The Morgan fingerprint density at radius 2 is 1.18 bits per heavy atom. The van der Waals surface area contributed by atoms with E-state index in [4.69, 9.17) is 30.5 Å². The summed E-state index contributed by atoms with van der Waals surface area (Å²) in [5.74, 6) is 0.778. The van der Waals surface area contributed by atoms with Crippen LogP contribution in [0, 0.1) is 27.7 Å². The topological polar surface area (TPSA) is 105 Å². The maximum absolute atomic E-state index is 6.03. The van der Waals surface area contributed by atoms with Crippen molar-refractivity contribution < 1.29 is 18.9 Å². The summed E-state index contributed by atoms with van der Waals surface area (Å²) in [6, 6.07) is 18.3. The Hall–Kier alpha value is -4.12. The molecule has 0 aliphatic rings. The molecular weight excluding hydrogens is 924 g/mol. The molecule has 66 heavy (non-hydrogen) atoms. The smallest absolute Gasteiger partial charge is 0.171 e. The van der Waals surface area contributed by atoms with Crippen LogP contribution in [-0.4, -0.2) is 67.8 Å². The minimum absolute atomic E-state index is 0.239. The van der Waals surface area contributed by atoms with E-state index in [1.807, 2.05) is 137 Å². The van der Waals surface area contributed by atoms with Crippen LogP contribution in [0.4, 0.5) is 0 Å². The number of thiazole rings is 4. The van der Waals surface area contributed by atoms with Crippen molar-refractivity contribution in [3.63, 3.8) is 0 Å². The first-order valence-corrected chi connectivity index (χ1v) is 25.7. The SMILES string of the molecule is CN(C)/C=C(/OC(C)(C)C)c1nc2cc(Cl)ccc2s1.Cc1ccc(-c2sc(COC(C)C)nc2C)cc1.Cc1csc(COC(C)C)n1.Cc1nc(COC(C)C)sc1-c1ccncc1. The first-order valence-electron chi connectivity index (χ1n) is 21.9. The summed E-state index contributed by atoms with van der Waals surface area (Å²) in [7, 11) is 3.94. The maximum Gasteiger partial charge on any atom is 0.171 e. The molecule has 0 spiro atoms. The van der Waals surface area contributed by atoms with E-state index in [1.165, 1.54) is 26.4 Å². The van der Waals surface area contributed by atoms with Gasteiger partial charge in [0.15, 0.2) is 10.8 Å². The Balaban J connectivity index is 0.000000196. The fraction of sp³-hybridized carbons (Fsp3) is 0.431. The molecule has 0 aliphatic heterocycles. The van der Waals surface area contributed by atoms with Gasteiger partial charge >= 0.3 is 0 Å². The average molecular weight is 992 g/mol. The zero-order valence-corrected chi connectivity index (χ0v) is 45.2. The zero-order chi connectivity index (χ0) is 48.6. The van der Waals surface area contributed by atoms with Gasteiger partial charge in [0.2, 0.25) is 0 Å². The van der Waals surface area contributed by atoms with Crippen LogP contribution < -0.4 is 0 Å². The van der Waals surface area contributed by atoms with E-state index < -0.39 is 0 Å². The van der Waals surface area contributed by atoms with Crippen LogP contribution in [-0.2, 0) is 38.8 Å². The number of rotatable bonds is 14. The Kier molecular flexibility index (Phi) is 21.8. The van der Waals surface area contributed by atoms with Gasteiger partial charge < -0.3 is 23.8 Å². The van der Waals surface area contributed by atoms with Gasteiger partial charge in [-0.2, -0.15) is 0 Å². The van der Waals surface area contributed by atoms with E-state index in [9.17, 15) is 0 Å². The predicted octanol–water partition coefficient (Wildman–Crippen LogP) is 14.8. The van der Waals surface area contributed by atoms with Crippen molar-refractivity contribution in [1.29, 1.82) is 0 Å². The van der Waals surface area contributed by atoms with Crippen molar-refractivity contribution in [3.05, 3.63) is 126 Å². The molecule has 7 aromatic rings. The van der Waals surface area contributed by atoms with Gasteiger partial charge in [0, 0.05) is 48.8 Å². The summed E-state index contributed by atoms with van der Waals surface area (Å²) in [6.45, 7) is 28.3. The molecule has 0 saturated carbocycles. The molecule has 0 atom stereocenters. The second-order valence-electron chi connectivity index (χ2n) is 17.4. The molecule has 15 heteroatoms. The summed E-state index contributed by atoms with van der Waals surface area (Å²) >= 11 is 12.7. The molecule has 0 radical (unpaired) electrons. The summed E-state index contributed by atoms with van der Waals surface area (Å²) in [4.78, 5) is 26.4. The van der Waals surface area contributed by atoms with Gasteiger partial charge in [-0.25, -0.2) is 19.9 Å². The molecule has 356 valence electrons. The summed E-state index contributed by atoms with van der Waals surface area (Å²) in [5, 5.41) is 6.75. The Morgan fingerprint density at radius 1 is 0.667 bits per heavy atom. The highest BCUT2D eigenvalue weighted by Gasteiger charge is 2.19. The molecule has 0 amide bonds. The van der Waals surface area contributed by atoms with Crippen molar-refractivity contribution >= 4 is 72.9 Å². The van der Waals surface area contributed by atoms with E-state index in [0.717, 1.165) is 53.1 Å². The van der Waals surface area contributed by atoms with Crippen molar-refractivity contribution in [2.75, 3.05) is 14.1 Å². The molecule has 7 rings (SSSR count). The van der Waals surface area contributed by atoms with Gasteiger partial charge in [0.25, 0.3) is 0 Å². The van der Waals surface area contributed by atoms with Gasteiger partial charge in [0.1, 0.15) is 20.6 Å². The summed E-state index contributed by atoms with van der Waals surface area (Å²) in [5.41, 5.74) is 7.56. The highest BCUT2D eigenvalue weighted by atomic mass is 35.5. The van der Waals surface area contributed by atoms with E-state index in [2.05, 4.69) is 63.0 Å². The van der Waals surface area contributed by atoms with Crippen LogP contribution in [0.2, 0.25) is 5.02 Å². The summed E-state index contributed by atoms with van der Waals surface area (Å²) < 4.78 is 23.7. The lowest BCUT2D eigenvalue weighted by atomic mass is 10.1. The first kappa shape index (κ1) is 54.5. The lowest BCUT2D eigenvalue weighted by Gasteiger charge is -2.23. The van der Waals surface area contributed by atoms with Gasteiger partial charge in [-0.3, -0.25) is 4.98 Å². The number of benzene rings is 2. The minimum Gasteiger partial charge on any atom is -0.483 e. The van der Waals surface area contributed by atoms with Gasteiger partial charge in [-0.1, -0.05) is 41.4 Å². The number of nitrogens with zero attached hydrogens (tertiary/aromatic N) is 6. The van der Waals surface area contributed by atoms with Gasteiger partial charge in [-0.05, 0) is 131 Å². The number of hydrogen-bond donors (Lipinski definition) is 0.